The van der Waals surface area contributed by atoms with Crippen molar-refractivity contribution >= 4 is 27.8 Å². The Kier molecular flexibility index (Phi) is 4.43. The Bertz CT molecular complexity index is 1490. The van der Waals surface area contributed by atoms with E-state index in [2.05, 4.69) is 81.6 Å². The quantitative estimate of drug-likeness (QED) is 0.371. The van der Waals surface area contributed by atoms with Gasteiger partial charge < -0.3 is 19.8 Å². The van der Waals surface area contributed by atoms with Crippen molar-refractivity contribution in [1.82, 2.24) is 19.9 Å². The van der Waals surface area contributed by atoms with E-state index in [1.807, 2.05) is 18.2 Å². The van der Waals surface area contributed by atoms with Crippen LogP contribution in [0.5, 0.6) is 17.5 Å². The number of benzene rings is 3. The van der Waals surface area contributed by atoms with Gasteiger partial charge >= 0.3 is 6.01 Å². The maximum absolute atomic E-state index is 6.13. The minimum absolute atomic E-state index is 0.219. The molecule has 1 aliphatic heterocycles. The summed E-state index contributed by atoms with van der Waals surface area (Å²) in [7, 11) is 0. The summed E-state index contributed by atoms with van der Waals surface area (Å²) in [5, 5.41) is 5.85. The Hall–Kier alpha value is -4.13. The van der Waals surface area contributed by atoms with Crippen molar-refractivity contribution in [2.75, 3.05) is 5.32 Å². The van der Waals surface area contributed by atoms with Gasteiger partial charge in [-0.25, -0.2) is 4.98 Å². The van der Waals surface area contributed by atoms with Crippen LogP contribution in [0.3, 0.4) is 0 Å². The summed E-state index contributed by atoms with van der Waals surface area (Å²) in [4.78, 5) is 16.6. The lowest BCUT2D eigenvalue weighted by molar-refractivity contribution is 0.134. The van der Waals surface area contributed by atoms with Crippen molar-refractivity contribution in [3.05, 3.63) is 78.1 Å². The first-order valence-corrected chi connectivity index (χ1v) is 11.0. The van der Waals surface area contributed by atoms with E-state index in [9.17, 15) is 0 Å². The number of rotatable bonds is 5. The van der Waals surface area contributed by atoms with Crippen LogP contribution in [-0.2, 0) is 13.0 Å². The number of aromatic nitrogens is 4. The van der Waals surface area contributed by atoms with E-state index in [0.29, 0.717) is 23.8 Å². The van der Waals surface area contributed by atoms with Gasteiger partial charge in [-0.1, -0.05) is 54.6 Å². The van der Waals surface area contributed by atoms with Crippen molar-refractivity contribution in [2.24, 2.45) is 0 Å². The number of imidazole rings is 1. The molecule has 0 bridgehead atoms. The molecule has 0 fully saturated rings. The average molecular weight is 438 g/mol. The molecule has 164 valence electrons. The largest absolute Gasteiger partial charge is 0.483 e. The highest BCUT2D eigenvalue weighted by Crippen LogP contribution is 2.43. The Morgan fingerprint density at radius 1 is 1.03 bits per heavy atom. The van der Waals surface area contributed by atoms with E-state index < -0.39 is 0 Å². The topological polar surface area (TPSA) is 85.0 Å². The summed E-state index contributed by atoms with van der Waals surface area (Å²) in [5.41, 5.74) is 3.30. The minimum Gasteiger partial charge on any atom is -0.483 e. The van der Waals surface area contributed by atoms with Crippen LogP contribution in [0, 0.1) is 0 Å². The molecule has 33 heavy (non-hydrogen) atoms. The molecule has 2 N–H and O–H groups in total. The third-order valence-electron chi connectivity index (χ3n) is 5.85. The molecular weight excluding hydrogens is 414 g/mol. The molecule has 0 atom stereocenters. The number of hydrogen-bond donors (Lipinski definition) is 2. The summed E-state index contributed by atoms with van der Waals surface area (Å²) in [6.07, 6.45) is 2.44. The summed E-state index contributed by atoms with van der Waals surface area (Å²) in [6.45, 7) is 4.74. The predicted octanol–water partition coefficient (Wildman–Crippen LogP) is 5.62. The molecule has 7 heteroatoms. The Labute approximate surface area is 190 Å². The molecule has 0 unspecified atom stereocenters. The lowest BCUT2D eigenvalue weighted by Gasteiger charge is -2.18. The summed E-state index contributed by atoms with van der Waals surface area (Å²) in [5.74, 6) is 1.99. The van der Waals surface area contributed by atoms with Crippen molar-refractivity contribution in [3.63, 3.8) is 0 Å². The van der Waals surface area contributed by atoms with Crippen LogP contribution in [0.15, 0.2) is 67.0 Å². The number of nitrogens with one attached hydrogen (secondary N) is 2. The van der Waals surface area contributed by atoms with E-state index in [-0.39, 0.29) is 11.6 Å². The van der Waals surface area contributed by atoms with Gasteiger partial charge in [-0.05, 0) is 36.2 Å². The molecule has 0 aliphatic carbocycles. The molecule has 7 nitrogen and oxygen atoms in total. The molecule has 0 amide bonds. The monoisotopic (exact) mass is 437 g/mol. The van der Waals surface area contributed by atoms with Crippen LogP contribution in [0.25, 0.3) is 21.9 Å². The molecule has 2 aromatic heterocycles. The van der Waals surface area contributed by atoms with Crippen molar-refractivity contribution < 1.29 is 9.47 Å². The van der Waals surface area contributed by atoms with Crippen LogP contribution in [0.1, 0.15) is 25.0 Å². The predicted molar refractivity (Wildman–Crippen MR) is 128 cm³/mol. The van der Waals surface area contributed by atoms with E-state index in [4.69, 9.17) is 9.47 Å². The fraction of sp³-hybridized carbons (Fsp3) is 0.192. The molecule has 0 saturated carbocycles. The first-order valence-electron chi connectivity index (χ1n) is 11.0. The van der Waals surface area contributed by atoms with Gasteiger partial charge in [0.05, 0.1) is 6.33 Å². The third kappa shape index (κ3) is 3.61. The number of hydrogen-bond acceptors (Lipinski definition) is 6. The zero-order chi connectivity index (χ0) is 22.4. The van der Waals surface area contributed by atoms with Gasteiger partial charge in [-0.2, -0.15) is 9.97 Å². The number of nitrogens with zero attached hydrogens (tertiary/aromatic N) is 3. The summed E-state index contributed by atoms with van der Waals surface area (Å²) in [6, 6.07) is 20.8. The van der Waals surface area contributed by atoms with Crippen LogP contribution in [0.2, 0.25) is 0 Å². The lowest BCUT2D eigenvalue weighted by Crippen LogP contribution is -2.24. The molecule has 6 rings (SSSR count). The van der Waals surface area contributed by atoms with E-state index in [1.165, 1.54) is 16.3 Å². The highest BCUT2D eigenvalue weighted by atomic mass is 16.5. The third-order valence-corrected chi connectivity index (χ3v) is 5.85. The smallest absolute Gasteiger partial charge is 0.326 e. The zero-order valence-corrected chi connectivity index (χ0v) is 18.4. The highest BCUT2D eigenvalue weighted by molar-refractivity contribution is 5.86. The minimum atomic E-state index is -0.264. The van der Waals surface area contributed by atoms with Crippen LogP contribution >= 0.6 is 0 Å². The van der Waals surface area contributed by atoms with Gasteiger partial charge in [0.15, 0.2) is 23.0 Å². The molecular formula is C26H23N5O2. The lowest BCUT2D eigenvalue weighted by atomic mass is 10.0. The van der Waals surface area contributed by atoms with Crippen molar-refractivity contribution in [2.45, 2.75) is 32.4 Å². The molecule has 3 aromatic carbocycles. The second kappa shape index (κ2) is 7.48. The number of para-hydroxylation sites is 1. The standard InChI is InChI=1S/C26H23N5O2/c1-26(2)13-17-9-6-12-20(22(17)33-26)32-25-30-23(21-24(31-25)29-15-28-21)27-14-18-10-5-8-16-7-3-4-11-19(16)18/h3-12,15H,13-14H2,1-2H3,(H2,27,28,29,30,31). The fourth-order valence-electron chi connectivity index (χ4n) is 4.38. The second-order valence-electron chi connectivity index (χ2n) is 8.83. The Morgan fingerprint density at radius 3 is 2.82 bits per heavy atom. The van der Waals surface area contributed by atoms with E-state index in [1.54, 1.807) is 6.33 Å². The molecule has 3 heterocycles. The van der Waals surface area contributed by atoms with Crippen molar-refractivity contribution in [3.8, 4) is 17.5 Å². The van der Waals surface area contributed by atoms with Gasteiger partial charge in [-0.15, -0.1) is 0 Å². The van der Waals surface area contributed by atoms with Crippen LogP contribution in [-0.4, -0.2) is 25.5 Å². The van der Waals surface area contributed by atoms with Crippen LogP contribution < -0.4 is 14.8 Å². The fourth-order valence-corrected chi connectivity index (χ4v) is 4.38. The number of anilines is 1. The van der Waals surface area contributed by atoms with Gasteiger partial charge in [0.1, 0.15) is 11.1 Å². The van der Waals surface area contributed by atoms with Gasteiger partial charge in [0, 0.05) is 18.5 Å². The number of aromatic amines is 1. The summed E-state index contributed by atoms with van der Waals surface area (Å²) < 4.78 is 12.2. The molecule has 5 aromatic rings. The van der Waals surface area contributed by atoms with Gasteiger partial charge in [0.2, 0.25) is 0 Å². The summed E-state index contributed by atoms with van der Waals surface area (Å²) >= 11 is 0. The molecule has 0 spiro atoms. The normalized spacial score (nSPS) is 14.2. The number of ether oxygens (including phenoxy) is 2. The Balaban J connectivity index is 1.32. The first-order chi connectivity index (χ1) is 16.1. The number of fused-ring (bicyclic) bond motifs is 3. The number of H-pyrrole nitrogens is 1. The van der Waals surface area contributed by atoms with Crippen molar-refractivity contribution in [1.29, 1.82) is 0 Å². The first kappa shape index (κ1) is 19.5. The SMILES string of the molecule is CC1(C)Cc2cccc(Oc3nc(NCc4cccc5ccccc45)c4[nH]cnc4n3)c2O1. The van der Waals surface area contributed by atoms with E-state index in [0.717, 1.165) is 23.3 Å². The van der Waals surface area contributed by atoms with E-state index >= 15 is 0 Å². The Morgan fingerprint density at radius 2 is 1.88 bits per heavy atom. The van der Waals surface area contributed by atoms with Gasteiger partial charge in [0.25, 0.3) is 0 Å². The van der Waals surface area contributed by atoms with Crippen LogP contribution in [0.4, 0.5) is 5.82 Å². The maximum atomic E-state index is 6.13. The zero-order valence-electron chi connectivity index (χ0n) is 18.4. The molecule has 0 radical (unpaired) electrons. The highest BCUT2D eigenvalue weighted by Gasteiger charge is 2.32. The average Bonchev–Trinajstić information content (AvgIpc) is 3.40. The maximum Gasteiger partial charge on any atom is 0.326 e. The second-order valence-corrected chi connectivity index (χ2v) is 8.83. The molecule has 1 aliphatic rings. The molecule has 0 saturated heterocycles. The van der Waals surface area contributed by atoms with Gasteiger partial charge in [-0.3, -0.25) is 0 Å².